The van der Waals surface area contributed by atoms with Crippen LogP contribution in [0.2, 0.25) is 0 Å². The summed E-state index contributed by atoms with van der Waals surface area (Å²) in [5, 5.41) is 0. The molecule has 0 aromatic heterocycles. The number of halogens is 1. The van der Waals surface area contributed by atoms with Crippen LogP contribution in [0.25, 0.3) is 0 Å². The molecule has 1 aromatic carbocycles. The highest BCUT2D eigenvalue weighted by molar-refractivity contribution is 7.91. The summed E-state index contributed by atoms with van der Waals surface area (Å²) in [7, 11) is -1.30. The molecule has 1 aromatic rings. The molecule has 8 heteroatoms. The minimum atomic E-state index is -3.00. The highest BCUT2D eigenvalue weighted by Gasteiger charge is 2.36. The van der Waals surface area contributed by atoms with E-state index in [1.54, 1.807) is 25.5 Å². The summed E-state index contributed by atoms with van der Waals surface area (Å²) >= 11 is 0. The Morgan fingerprint density at radius 3 is 2.46 bits per heavy atom. The lowest BCUT2D eigenvalue weighted by Crippen LogP contribution is -2.52. The van der Waals surface area contributed by atoms with Gasteiger partial charge in [0, 0.05) is 32.6 Å². The van der Waals surface area contributed by atoms with E-state index in [4.69, 9.17) is 0 Å². The topological polar surface area (TPSA) is 70.0 Å². The number of nitrogens with zero attached hydrogens (tertiary/aromatic N) is 3. The highest BCUT2D eigenvalue weighted by Crippen LogP contribution is 2.30. The zero-order valence-electron chi connectivity index (χ0n) is 14.8. The number of benzene rings is 1. The summed E-state index contributed by atoms with van der Waals surface area (Å²) in [6.07, 6.45) is 2.52. The molecule has 2 saturated heterocycles. The fourth-order valence-electron chi connectivity index (χ4n) is 3.68. The normalized spacial score (nSPS) is 24.2. The van der Waals surface area contributed by atoms with Gasteiger partial charge in [0.1, 0.15) is 15.7 Å². The summed E-state index contributed by atoms with van der Waals surface area (Å²) < 4.78 is 36.6. The quantitative estimate of drug-likeness (QED) is 0.588. The van der Waals surface area contributed by atoms with Crippen LogP contribution in [0.1, 0.15) is 24.4 Å². The molecule has 0 bridgehead atoms. The van der Waals surface area contributed by atoms with Gasteiger partial charge in [-0.25, -0.2) is 12.8 Å². The number of piperazine rings is 1. The zero-order chi connectivity index (χ0) is 18.7. The van der Waals surface area contributed by atoms with Crippen molar-refractivity contribution in [2.75, 3.05) is 38.2 Å². The van der Waals surface area contributed by atoms with Gasteiger partial charge in [0.15, 0.2) is 0 Å². The maximum absolute atomic E-state index is 13.3. The molecule has 0 radical (unpaired) electrons. The van der Waals surface area contributed by atoms with Crippen molar-refractivity contribution < 1.29 is 17.6 Å². The van der Waals surface area contributed by atoms with Gasteiger partial charge in [-0.15, -0.1) is 0 Å². The van der Waals surface area contributed by atoms with Crippen molar-refractivity contribution in [3.8, 4) is 0 Å². The second-order valence-electron chi connectivity index (χ2n) is 6.89. The molecule has 3 rings (SSSR count). The molecule has 0 saturated carbocycles. The molecule has 26 heavy (non-hydrogen) atoms. The first-order valence-corrected chi connectivity index (χ1v) is 10.6. The van der Waals surface area contributed by atoms with Crippen LogP contribution in [0.5, 0.6) is 0 Å². The Labute approximate surface area is 153 Å². The number of rotatable bonds is 3. The number of carbonyl (C=O) groups excluding carboxylic acids is 1. The first-order chi connectivity index (χ1) is 12.4. The molecule has 0 aliphatic carbocycles. The zero-order valence-corrected chi connectivity index (χ0v) is 15.7. The van der Waals surface area contributed by atoms with E-state index >= 15 is 0 Å². The largest absolute Gasteiger partial charge is 0.359 e. The van der Waals surface area contributed by atoms with Gasteiger partial charge in [0.2, 0.25) is 5.91 Å². The summed E-state index contributed by atoms with van der Waals surface area (Å²) in [5.41, 5.74) is 0.873. The van der Waals surface area contributed by atoms with Crippen molar-refractivity contribution in [3.05, 3.63) is 35.6 Å². The van der Waals surface area contributed by atoms with Crippen LogP contribution in [-0.4, -0.2) is 68.7 Å². The Balaban J connectivity index is 1.81. The minimum Gasteiger partial charge on any atom is -0.359 e. The second kappa shape index (κ2) is 7.73. The van der Waals surface area contributed by atoms with Gasteiger partial charge in [0.05, 0.1) is 23.9 Å². The molecule has 2 heterocycles. The van der Waals surface area contributed by atoms with Crippen molar-refractivity contribution in [2.24, 2.45) is 10.9 Å². The molecular formula is C18H24FN3O3S. The Hall–Kier alpha value is -1.96. The average Bonchev–Trinajstić information content (AvgIpc) is 2.62. The number of aliphatic imine (C=N–C) groups is 1. The standard InChI is InChI=1S/C18H24FN3O3S/c1-20-13-21-8-9-22(17(12-21)14-2-4-16(19)5-3-14)18(23)15-6-10-26(24,25)11-7-15/h2-5,13,15,17H,6-12H2,1H3. The van der Waals surface area contributed by atoms with E-state index in [2.05, 4.69) is 4.99 Å². The predicted octanol–water partition coefficient (Wildman–Crippen LogP) is 1.49. The van der Waals surface area contributed by atoms with Gasteiger partial charge in [0.25, 0.3) is 0 Å². The average molecular weight is 381 g/mol. The van der Waals surface area contributed by atoms with Crippen LogP contribution >= 0.6 is 0 Å². The molecule has 0 N–H and O–H groups in total. The number of hydrogen-bond acceptors (Lipinski definition) is 4. The minimum absolute atomic E-state index is 0.00214. The highest BCUT2D eigenvalue weighted by atomic mass is 32.2. The Bertz CT molecular complexity index is 765. The summed E-state index contributed by atoms with van der Waals surface area (Å²) in [6.45, 7) is 1.79. The molecule has 0 spiro atoms. The van der Waals surface area contributed by atoms with Crippen LogP contribution in [0.3, 0.4) is 0 Å². The van der Waals surface area contributed by atoms with Crippen molar-refractivity contribution in [1.82, 2.24) is 9.80 Å². The van der Waals surface area contributed by atoms with Crippen molar-refractivity contribution in [1.29, 1.82) is 0 Å². The van der Waals surface area contributed by atoms with Gasteiger partial charge in [-0.05, 0) is 30.5 Å². The summed E-state index contributed by atoms with van der Waals surface area (Å²) in [4.78, 5) is 21.0. The molecule has 142 valence electrons. The van der Waals surface area contributed by atoms with Gasteiger partial charge in [-0.3, -0.25) is 9.79 Å². The van der Waals surface area contributed by atoms with Crippen LogP contribution in [-0.2, 0) is 14.6 Å². The first kappa shape index (κ1) is 18.8. The van der Waals surface area contributed by atoms with E-state index in [9.17, 15) is 17.6 Å². The van der Waals surface area contributed by atoms with Crippen LogP contribution < -0.4 is 0 Å². The Kier molecular flexibility index (Phi) is 5.60. The van der Waals surface area contributed by atoms with E-state index in [0.717, 1.165) is 5.56 Å². The Morgan fingerprint density at radius 2 is 1.85 bits per heavy atom. The lowest BCUT2D eigenvalue weighted by atomic mass is 9.96. The van der Waals surface area contributed by atoms with Gasteiger partial charge >= 0.3 is 0 Å². The maximum atomic E-state index is 13.3. The molecule has 6 nitrogen and oxygen atoms in total. The predicted molar refractivity (Wildman–Crippen MR) is 98.2 cm³/mol. The second-order valence-corrected chi connectivity index (χ2v) is 9.20. The first-order valence-electron chi connectivity index (χ1n) is 8.82. The smallest absolute Gasteiger partial charge is 0.226 e. The third-order valence-corrected chi connectivity index (χ3v) is 6.85. The molecule has 2 aliphatic rings. The van der Waals surface area contributed by atoms with Crippen molar-refractivity contribution in [3.63, 3.8) is 0 Å². The van der Waals surface area contributed by atoms with Crippen molar-refractivity contribution >= 4 is 22.1 Å². The van der Waals surface area contributed by atoms with Gasteiger partial charge in [-0.2, -0.15) is 0 Å². The van der Waals surface area contributed by atoms with E-state index in [1.807, 2.05) is 9.80 Å². The lowest BCUT2D eigenvalue weighted by molar-refractivity contribution is -0.140. The van der Waals surface area contributed by atoms with Crippen LogP contribution in [0.4, 0.5) is 4.39 Å². The molecule has 2 aliphatic heterocycles. The molecule has 2 fully saturated rings. The van der Waals surface area contributed by atoms with Crippen LogP contribution in [0, 0.1) is 11.7 Å². The molecular weight excluding hydrogens is 357 g/mol. The molecule has 1 atom stereocenters. The SMILES string of the molecule is CN=CN1CCN(C(=O)C2CCS(=O)(=O)CC2)C(c2ccc(F)cc2)C1. The monoisotopic (exact) mass is 381 g/mol. The van der Waals surface area contributed by atoms with E-state index in [-0.39, 0.29) is 35.2 Å². The fraction of sp³-hybridized carbons (Fsp3) is 0.556. The summed E-state index contributed by atoms with van der Waals surface area (Å²) in [6, 6.07) is 6.01. The lowest BCUT2D eigenvalue weighted by Gasteiger charge is -2.42. The van der Waals surface area contributed by atoms with E-state index in [1.165, 1.54) is 12.1 Å². The number of carbonyl (C=O) groups is 1. The third-order valence-electron chi connectivity index (χ3n) is 5.13. The fourth-order valence-corrected chi connectivity index (χ4v) is 5.17. The van der Waals surface area contributed by atoms with Gasteiger partial charge < -0.3 is 9.80 Å². The summed E-state index contributed by atoms with van der Waals surface area (Å²) in [5.74, 6) is -0.415. The third kappa shape index (κ3) is 4.23. The number of sulfone groups is 1. The van der Waals surface area contributed by atoms with Crippen LogP contribution in [0.15, 0.2) is 29.3 Å². The van der Waals surface area contributed by atoms with E-state index in [0.29, 0.717) is 32.5 Å². The molecule has 1 unspecified atom stereocenters. The van der Waals surface area contributed by atoms with E-state index < -0.39 is 9.84 Å². The number of amides is 1. The maximum Gasteiger partial charge on any atom is 0.226 e. The molecule has 1 amide bonds. The Morgan fingerprint density at radius 1 is 1.19 bits per heavy atom. The van der Waals surface area contributed by atoms with Crippen molar-refractivity contribution in [2.45, 2.75) is 18.9 Å². The number of hydrogen-bond donors (Lipinski definition) is 0. The van der Waals surface area contributed by atoms with Gasteiger partial charge in [-0.1, -0.05) is 12.1 Å².